The fraction of sp³-hybridized carbons (Fsp3) is 0.222. The van der Waals surface area contributed by atoms with Gasteiger partial charge in [-0.05, 0) is 42.3 Å². The highest BCUT2D eigenvalue weighted by atomic mass is 35.5. The van der Waals surface area contributed by atoms with E-state index in [4.69, 9.17) is 21.1 Å². The molecule has 1 aliphatic heterocycles. The third-order valence-electron chi connectivity index (χ3n) is 3.81. The predicted octanol–water partition coefficient (Wildman–Crippen LogP) is 3.35. The lowest BCUT2D eigenvalue weighted by molar-refractivity contribution is -0.152. The lowest BCUT2D eigenvalue weighted by Gasteiger charge is -2.24. The molecule has 0 aromatic heterocycles. The van der Waals surface area contributed by atoms with Crippen molar-refractivity contribution in [1.82, 2.24) is 0 Å². The first kappa shape index (κ1) is 18.1. The Morgan fingerprint density at radius 3 is 2.77 bits per heavy atom. The number of ether oxygens (including phenoxy) is 2. The van der Waals surface area contributed by atoms with E-state index in [1.807, 2.05) is 0 Å². The zero-order chi connectivity index (χ0) is 18.7. The number of hydrogen-bond donors (Lipinski definition) is 1. The number of halogens is 3. The predicted molar refractivity (Wildman–Crippen MR) is 90.1 cm³/mol. The van der Waals surface area contributed by atoms with Gasteiger partial charge in [0.1, 0.15) is 12.4 Å². The fourth-order valence-corrected chi connectivity index (χ4v) is 2.73. The summed E-state index contributed by atoms with van der Waals surface area (Å²) in [5.41, 5.74) is 0.853. The minimum Gasteiger partial charge on any atom is -0.492 e. The van der Waals surface area contributed by atoms with E-state index in [1.54, 1.807) is 18.2 Å². The second-order valence-corrected chi connectivity index (χ2v) is 6.19. The van der Waals surface area contributed by atoms with Crippen molar-refractivity contribution in [2.24, 2.45) is 5.92 Å². The van der Waals surface area contributed by atoms with Crippen LogP contribution >= 0.6 is 11.6 Å². The highest BCUT2D eigenvalue weighted by Crippen LogP contribution is 2.30. The molecule has 1 heterocycles. The summed E-state index contributed by atoms with van der Waals surface area (Å²) in [6.07, 6.45) is 0.388. The second kappa shape index (κ2) is 7.70. The fourth-order valence-electron chi connectivity index (χ4n) is 2.54. The Hall–Kier alpha value is -2.67. The number of carbonyl (C=O) groups is 2. The summed E-state index contributed by atoms with van der Waals surface area (Å²) in [5, 5.41) is 2.85. The Kier molecular flexibility index (Phi) is 5.37. The van der Waals surface area contributed by atoms with Gasteiger partial charge in [-0.3, -0.25) is 9.59 Å². The lowest BCUT2D eigenvalue weighted by atomic mass is 9.97. The molecule has 136 valence electrons. The van der Waals surface area contributed by atoms with Gasteiger partial charge in [0.25, 0.3) is 5.91 Å². The molecular formula is C18H14ClF2NO4. The molecule has 0 radical (unpaired) electrons. The highest BCUT2D eigenvalue weighted by molar-refractivity contribution is 6.30. The molecule has 1 N–H and O–H groups in total. The van der Waals surface area contributed by atoms with E-state index in [2.05, 4.69) is 5.32 Å². The van der Waals surface area contributed by atoms with Crippen LogP contribution in [-0.2, 0) is 20.7 Å². The molecular weight excluding hydrogens is 368 g/mol. The summed E-state index contributed by atoms with van der Waals surface area (Å²) in [5.74, 6) is -3.25. The van der Waals surface area contributed by atoms with E-state index in [0.29, 0.717) is 17.2 Å². The molecule has 1 amide bonds. The van der Waals surface area contributed by atoms with E-state index < -0.39 is 36.0 Å². The molecule has 0 saturated carbocycles. The second-order valence-electron chi connectivity index (χ2n) is 5.75. The monoisotopic (exact) mass is 381 g/mol. The Morgan fingerprint density at radius 1 is 1.19 bits per heavy atom. The van der Waals surface area contributed by atoms with Crippen molar-refractivity contribution >= 4 is 29.2 Å². The third kappa shape index (κ3) is 4.29. The summed E-state index contributed by atoms with van der Waals surface area (Å²) in [4.78, 5) is 23.9. The summed E-state index contributed by atoms with van der Waals surface area (Å²) in [6, 6.07) is 8.07. The Balaban J connectivity index is 1.52. The van der Waals surface area contributed by atoms with Crippen molar-refractivity contribution in [2.45, 2.75) is 6.42 Å². The third-order valence-corrected chi connectivity index (χ3v) is 4.05. The van der Waals surface area contributed by atoms with Crippen LogP contribution in [0.4, 0.5) is 14.5 Å². The van der Waals surface area contributed by atoms with Gasteiger partial charge in [-0.2, -0.15) is 0 Å². The highest BCUT2D eigenvalue weighted by Gasteiger charge is 2.28. The van der Waals surface area contributed by atoms with Crippen molar-refractivity contribution < 1.29 is 27.8 Å². The Bertz CT molecular complexity index is 859. The van der Waals surface area contributed by atoms with Crippen molar-refractivity contribution in [3.05, 3.63) is 58.6 Å². The van der Waals surface area contributed by atoms with Gasteiger partial charge in [0.15, 0.2) is 18.2 Å². The average Bonchev–Trinajstić information content (AvgIpc) is 2.62. The topological polar surface area (TPSA) is 64.6 Å². The van der Waals surface area contributed by atoms with Crippen LogP contribution in [0.5, 0.6) is 5.75 Å². The number of rotatable bonds is 4. The molecule has 0 aliphatic carbocycles. The van der Waals surface area contributed by atoms with Crippen LogP contribution in [0.3, 0.4) is 0 Å². The van der Waals surface area contributed by atoms with Gasteiger partial charge >= 0.3 is 5.97 Å². The van der Waals surface area contributed by atoms with Gasteiger partial charge in [0.2, 0.25) is 0 Å². The Morgan fingerprint density at radius 2 is 2.00 bits per heavy atom. The molecule has 0 bridgehead atoms. The first-order valence-corrected chi connectivity index (χ1v) is 8.13. The SMILES string of the molecule is O=C(COC(=O)[C@@H]1COc2ccc(Cl)cc2C1)Nc1ccc(F)c(F)c1. The molecule has 3 rings (SSSR count). The first-order chi connectivity index (χ1) is 12.4. The summed E-state index contributed by atoms with van der Waals surface area (Å²) < 4.78 is 36.4. The number of anilines is 1. The molecule has 1 atom stereocenters. The van der Waals surface area contributed by atoms with Crippen LogP contribution in [-0.4, -0.2) is 25.1 Å². The zero-order valence-corrected chi connectivity index (χ0v) is 14.2. The molecule has 2 aromatic carbocycles. The number of hydrogen-bond acceptors (Lipinski definition) is 4. The minimum atomic E-state index is -1.09. The average molecular weight is 382 g/mol. The normalized spacial score (nSPS) is 15.6. The van der Waals surface area contributed by atoms with E-state index in [1.165, 1.54) is 6.07 Å². The van der Waals surface area contributed by atoms with Crippen molar-refractivity contribution in [3.8, 4) is 5.75 Å². The van der Waals surface area contributed by atoms with Crippen LogP contribution < -0.4 is 10.1 Å². The lowest BCUT2D eigenvalue weighted by Crippen LogP contribution is -2.32. The smallest absolute Gasteiger partial charge is 0.313 e. The van der Waals surface area contributed by atoms with Crippen molar-refractivity contribution in [3.63, 3.8) is 0 Å². The van der Waals surface area contributed by atoms with Gasteiger partial charge in [-0.15, -0.1) is 0 Å². The molecule has 0 fully saturated rings. The molecule has 0 saturated heterocycles. The summed E-state index contributed by atoms with van der Waals surface area (Å²) in [6.45, 7) is -0.408. The van der Waals surface area contributed by atoms with Crippen LogP contribution in [0.25, 0.3) is 0 Å². The first-order valence-electron chi connectivity index (χ1n) is 7.75. The molecule has 0 spiro atoms. The standard InChI is InChI=1S/C18H14ClF2NO4/c19-12-1-4-16-10(6-12)5-11(8-25-16)18(24)26-9-17(23)22-13-2-3-14(20)15(21)7-13/h1-4,6-7,11H,5,8-9H2,(H,22,23)/t11-/m0/s1. The van der Waals surface area contributed by atoms with E-state index in [0.717, 1.165) is 17.7 Å². The van der Waals surface area contributed by atoms with E-state index in [9.17, 15) is 18.4 Å². The minimum absolute atomic E-state index is 0.0644. The molecule has 8 heteroatoms. The maximum Gasteiger partial charge on any atom is 0.313 e. The molecule has 0 unspecified atom stereocenters. The number of esters is 1. The van der Waals surface area contributed by atoms with E-state index in [-0.39, 0.29) is 12.3 Å². The maximum atomic E-state index is 13.1. The van der Waals surface area contributed by atoms with Gasteiger partial charge in [-0.25, -0.2) is 8.78 Å². The van der Waals surface area contributed by atoms with Crippen LogP contribution in [0.1, 0.15) is 5.56 Å². The summed E-state index contributed by atoms with van der Waals surface area (Å²) in [7, 11) is 0. The van der Waals surface area contributed by atoms with Gasteiger partial charge < -0.3 is 14.8 Å². The van der Waals surface area contributed by atoms with Crippen molar-refractivity contribution in [1.29, 1.82) is 0 Å². The molecule has 26 heavy (non-hydrogen) atoms. The van der Waals surface area contributed by atoms with E-state index >= 15 is 0 Å². The van der Waals surface area contributed by atoms with Gasteiger partial charge in [0.05, 0.1) is 5.92 Å². The number of carbonyl (C=O) groups excluding carboxylic acids is 2. The van der Waals surface area contributed by atoms with Gasteiger partial charge in [0, 0.05) is 16.8 Å². The number of benzene rings is 2. The van der Waals surface area contributed by atoms with Crippen LogP contribution in [0.15, 0.2) is 36.4 Å². The summed E-state index contributed by atoms with van der Waals surface area (Å²) >= 11 is 5.93. The largest absolute Gasteiger partial charge is 0.492 e. The van der Waals surface area contributed by atoms with Crippen LogP contribution in [0, 0.1) is 17.6 Å². The number of amides is 1. The maximum absolute atomic E-state index is 13.1. The molecule has 1 aliphatic rings. The molecule has 5 nitrogen and oxygen atoms in total. The molecule has 2 aromatic rings. The Labute approximate surface area is 152 Å². The van der Waals surface area contributed by atoms with Crippen molar-refractivity contribution in [2.75, 3.05) is 18.5 Å². The quantitative estimate of drug-likeness (QED) is 0.825. The number of fused-ring (bicyclic) bond motifs is 1. The van der Waals surface area contributed by atoms with Gasteiger partial charge in [-0.1, -0.05) is 11.6 Å². The van der Waals surface area contributed by atoms with Crippen LogP contribution in [0.2, 0.25) is 5.02 Å². The number of nitrogens with one attached hydrogen (secondary N) is 1. The zero-order valence-electron chi connectivity index (χ0n) is 13.4.